The van der Waals surface area contributed by atoms with Crippen molar-refractivity contribution in [1.29, 1.82) is 5.26 Å². The summed E-state index contributed by atoms with van der Waals surface area (Å²) in [5.41, 5.74) is 5.53. The molecule has 160 valence electrons. The van der Waals surface area contributed by atoms with Crippen LogP contribution in [-0.4, -0.2) is 47.4 Å². The lowest BCUT2D eigenvalue weighted by Gasteiger charge is -2.24. The van der Waals surface area contributed by atoms with Gasteiger partial charge in [0.1, 0.15) is 7.14 Å². The SMILES string of the molecule is CP(C)(=O)c1c(C#N)ccc2c3c([nH]c12)CCCc1cnc(N[C@H]2CCCNC2)nc1-3. The number of nitrogens with zero attached hydrogens (tertiary/aromatic N) is 3. The van der Waals surface area contributed by atoms with Crippen LogP contribution in [0.15, 0.2) is 18.3 Å². The number of hydrogen-bond acceptors (Lipinski definition) is 6. The Balaban J connectivity index is 1.68. The van der Waals surface area contributed by atoms with Crippen molar-refractivity contribution in [2.75, 3.05) is 31.7 Å². The molecule has 2 aromatic heterocycles. The van der Waals surface area contributed by atoms with Gasteiger partial charge < -0.3 is 20.2 Å². The number of nitrogens with one attached hydrogen (secondary N) is 3. The molecule has 0 bridgehead atoms. The fraction of sp³-hybridized carbons (Fsp3) is 0.435. The lowest BCUT2D eigenvalue weighted by molar-refractivity contribution is 0.478. The monoisotopic (exact) mass is 434 g/mol. The van der Waals surface area contributed by atoms with Gasteiger partial charge in [-0.25, -0.2) is 9.97 Å². The third-order valence-corrected chi connectivity index (χ3v) is 7.83. The predicted octanol–water partition coefficient (Wildman–Crippen LogP) is 3.40. The van der Waals surface area contributed by atoms with E-state index in [1.165, 1.54) is 0 Å². The topological polar surface area (TPSA) is 106 Å². The van der Waals surface area contributed by atoms with Crippen molar-refractivity contribution in [3.63, 3.8) is 0 Å². The number of piperidine rings is 1. The largest absolute Gasteiger partial charge is 0.357 e. The van der Waals surface area contributed by atoms with Crippen LogP contribution < -0.4 is 15.9 Å². The van der Waals surface area contributed by atoms with E-state index in [1.54, 1.807) is 19.4 Å². The van der Waals surface area contributed by atoms with E-state index in [4.69, 9.17) is 4.98 Å². The summed E-state index contributed by atoms with van der Waals surface area (Å²) in [6.45, 7) is 5.44. The van der Waals surface area contributed by atoms with Crippen molar-refractivity contribution in [3.8, 4) is 17.3 Å². The van der Waals surface area contributed by atoms with Crippen LogP contribution in [0.5, 0.6) is 0 Å². The lowest BCUT2D eigenvalue weighted by Crippen LogP contribution is -2.38. The van der Waals surface area contributed by atoms with Crippen LogP contribution in [0.2, 0.25) is 0 Å². The number of nitriles is 1. The lowest BCUT2D eigenvalue weighted by atomic mass is 10.0. The number of aromatic nitrogens is 3. The van der Waals surface area contributed by atoms with Crippen LogP contribution >= 0.6 is 7.14 Å². The van der Waals surface area contributed by atoms with Gasteiger partial charge in [-0.15, -0.1) is 0 Å². The molecule has 0 amide bonds. The number of anilines is 1. The molecule has 3 aromatic rings. The first kappa shape index (κ1) is 20.2. The second kappa shape index (κ2) is 7.78. The molecule has 5 rings (SSSR count). The summed E-state index contributed by atoms with van der Waals surface area (Å²) in [6, 6.07) is 6.32. The molecule has 1 aromatic carbocycles. The fourth-order valence-corrected chi connectivity index (χ4v) is 6.32. The first-order valence-corrected chi connectivity index (χ1v) is 13.5. The normalized spacial score (nSPS) is 18.7. The van der Waals surface area contributed by atoms with E-state index in [1.807, 2.05) is 12.3 Å². The van der Waals surface area contributed by atoms with Gasteiger partial charge in [-0.05, 0) is 63.6 Å². The summed E-state index contributed by atoms with van der Waals surface area (Å²) >= 11 is 0. The number of fused-ring (bicyclic) bond motifs is 5. The summed E-state index contributed by atoms with van der Waals surface area (Å²) in [5, 5.41) is 18.2. The van der Waals surface area contributed by atoms with Crippen molar-refractivity contribution >= 4 is 29.3 Å². The molecule has 0 unspecified atom stereocenters. The molecular formula is C23H27N6OP. The van der Waals surface area contributed by atoms with Crippen molar-refractivity contribution < 1.29 is 4.57 Å². The molecule has 0 spiro atoms. The molecule has 3 N–H and O–H groups in total. The first-order valence-electron chi connectivity index (χ1n) is 10.9. The van der Waals surface area contributed by atoms with Crippen LogP contribution in [0.4, 0.5) is 5.95 Å². The van der Waals surface area contributed by atoms with Crippen LogP contribution in [-0.2, 0) is 17.4 Å². The maximum atomic E-state index is 13.1. The quantitative estimate of drug-likeness (QED) is 0.546. The van der Waals surface area contributed by atoms with E-state index in [0.29, 0.717) is 22.9 Å². The molecule has 3 heterocycles. The van der Waals surface area contributed by atoms with E-state index in [-0.39, 0.29) is 0 Å². The second-order valence-corrected chi connectivity index (χ2v) is 12.1. The Labute approximate surface area is 182 Å². The highest BCUT2D eigenvalue weighted by molar-refractivity contribution is 7.70. The summed E-state index contributed by atoms with van der Waals surface area (Å²) in [4.78, 5) is 13.1. The number of aryl methyl sites for hydroxylation is 2. The third kappa shape index (κ3) is 3.64. The maximum Gasteiger partial charge on any atom is 0.223 e. The van der Waals surface area contributed by atoms with Crippen molar-refractivity contribution in [2.45, 2.75) is 38.1 Å². The maximum absolute atomic E-state index is 13.1. The van der Waals surface area contributed by atoms with Crippen LogP contribution in [0, 0.1) is 11.3 Å². The molecule has 8 heteroatoms. The highest BCUT2D eigenvalue weighted by atomic mass is 31.2. The zero-order valence-electron chi connectivity index (χ0n) is 18.0. The van der Waals surface area contributed by atoms with E-state index in [9.17, 15) is 9.83 Å². The van der Waals surface area contributed by atoms with Crippen LogP contribution in [0.3, 0.4) is 0 Å². The van der Waals surface area contributed by atoms with Gasteiger partial charge in [0.25, 0.3) is 0 Å². The minimum Gasteiger partial charge on any atom is -0.357 e. The Morgan fingerprint density at radius 2 is 2.13 bits per heavy atom. The van der Waals surface area contributed by atoms with Gasteiger partial charge in [0, 0.05) is 35.4 Å². The van der Waals surface area contributed by atoms with Crippen molar-refractivity contribution in [3.05, 3.63) is 35.2 Å². The minimum absolute atomic E-state index is 0.330. The van der Waals surface area contributed by atoms with E-state index >= 15 is 0 Å². The molecule has 1 saturated heterocycles. The average Bonchev–Trinajstić information content (AvgIpc) is 3.02. The van der Waals surface area contributed by atoms with Gasteiger partial charge >= 0.3 is 0 Å². The highest BCUT2D eigenvalue weighted by Gasteiger charge is 2.27. The number of aromatic amines is 1. The summed E-state index contributed by atoms with van der Waals surface area (Å²) in [6.07, 6.45) is 7.00. The number of H-pyrrole nitrogens is 1. The van der Waals surface area contributed by atoms with Crippen LogP contribution in [0.1, 0.15) is 36.1 Å². The Kier molecular flexibility index (Phi) is 5.08. The molecule has 7 nitrogen and oxygen atoms in total. The van der Waals surface area contributed by atoms with E-state index < -0.39 is 7.14 Å². The van der Waals surface area contributed by atoms with Crippen LogP contribution in [0.25, 0.3) is 22.2 Å². The Bertz CT molecular complexity index is 1250. The second-order valence-electron chi connectivity index (χ2n) is 8.93. The van der Waals surface area contributed by atoms with Crippen molar-refractivity contribution in [2.24, 2.45) is 0 Å². The Morgan fingerprint density at radius 1 is 1.26 bits per heavy atom. The molecular weight excluding hydrogens is 407 g/mol. The molecule has 0 radical (unpaired) electrons. The summed E-state index contributed by atoms with van der Waals surface area (Å²) in [7, 11) is -2.66. The molecule has 31 heavy (non-hydrogen) atoms. The molecule has 1 fully saturated rings. The van der Waals surface area contributed by atoms with Crippen molar-refractivity contribution in [1.82, 2.24) is 20.3 Å². The van der Waals surface area contributed by atoms with Gasteiger partial charge in [-0.1, -0.05) is 6.07 Å². The number of benzene rings is 1. The molecule has 0 saturated carbocycles. The zero-order valence-corrected chi connectivity index (χ0v) is 18.9. The van der Waals surface area contributed by atoms with Gasteiger partial charge in [0.15, 0.2) is 0 Å². The molecule has 1 aliphatic carbocycles. The molecule has 1 atom stereocenters. The van der Waals surface area contributed by atoms with E-state index in [2.05, 4.69) is 26.7 Å². The predicted molar refractivity (Wildman–Crippen MR) is 125 cm³/mol. The standard InChI is InChI=1S/C23H27N6OP/c1-31(2,30)22-14(11-24)8-9-17-19-18(28-21(17)22)7-3-5-15-12-26-23(29-20(15)19)27-16-6-4-10-25-13-16/h8-9,12,16,25,28H,3-7,10,13H2,1-2H3,(H,26,27,29)/t16-/m0/s1. The average molecular weight is 434 g/mol. The Morgan fingerprint density at radius 3 is 2.87 bits per heavy atom. The summed E-state index contributed by atoms with van der Waals surface area (Å²) < 4.78 is 13.1. The first-order chi connectivity index (χ1) is 15.0. The highest BCUT2D eigenvalue weighted by Crippen LogP contribution is 2.43. The minimum atomic E-state index is -2.66. The molecule has 2 aliphatic rings. The van der Waals surface area contributed by atoms with Gasteiger partial charge in [0.05, 0.1) is 28.1 Å². The fourth-order valence-electron chi connectivity index (χ4n) is 4.90. The number of rotatable bonds is 3. The van der Waals surface area contributed by atoms with Gasteiger partial charge in [-0.3, -0.25) is 0 Å². The van der Waals surface area contributed by atoms with Gasteiger partial charge in [-0.2, -0.15) is 5.26 Å². The molecule has 1 aliphatic heterocycles. The van der Waals surface area contributed by atoms with E-state index in [0.717, 1.165) is 78.6 Å². The van der Waals surface area contributed by atoms with Gasteiger partial charge in [0.2, 0.25) is 5.95 Å². The number of hydrogen-bond donors (Lipinski definition) is 3. The third-order valence-electron chi connectivity index (χ3n) is 6.29. The Hall–Kier alpha value is -2.68. The smallest absolute Gasteiger partial charge is 0.223 e. The zero-order chi connectivity index (χ0) is 21.6. The summed E-state index contributed by atoms with van der Waals surface area (Å²) in [5.74, 6) is 0.653.